The number of oxazole rings is 1. The Morgan fingerprint density at radius 2 is 1.66 bits per heavy atom. The van der Waals surface area contributed by atoms with Gasteiger partial charge in [0.15, 0.2) is 9.84 Å². The highest BCUT2D eigenvalue weighted by Crippen LogP contribution is 2.51. The van der Waals surface area contributed by atoms with Crippen LogP contribution in [0.4, 0.5) is 20.5 Å². The molecule has 2 atom stereocenters. The van der Waals surface area contributed by atoms with Crippen molar-refractivity contribution in [3.63, 3.8) is 0 Å². The average molecular weight is 587 g/mol. The number of carbonyl (C=O) groups is 1. The maximum atomic E-state index is 13.9. The number of carbonyl (C=O) groups excluding carboxylic acids is 1. The number of anilines is 2. The van der Waals surface area contributed by atoms with Crippen LogP contribution in [0.25, 0.3) is 11.3 Å². The monoisotopic (exact) mass is 586 g/mol. The van der Waals surface area contributed by atoms with Gasteiger partial charge in [-0.05, 0) is 37.8 Å². The lowest BCUT2D eigenvalue weighted by Gasteiger charge is -2.31. The molecule has 0 spiro atoms. The second-order valence-electron chi connectivity index (χ2n) is 12.3. The number of hydrogen-bond donors (Lipinski definition) is 0. The maximum Gasteiger partial charge on any atom is 0.298 e. The number of alkyl halides is 2. The molecule has 6 rings (SSSR count). The highest BCUT2D eigenvalue weighted by molar-refractivity contribution is 7.91. The first-order chi connectivity index (χ1) is 19.6. The fourth-order valence-electron chi connectivity index (χ4n) is 6.51. The van der Waals surface area contributed by atoms with Crippen molar-refractivity contribution in [2.45, 2.75) is 69.6 Å². The lowest BCUT2D eigenvalue weighted by Crippen LogP contribution is -2.40. The van der Waals surface area contributed by atoms with Crippen molar-refractivity contribution in [2.24, 2.45) is 11.3 Å². The molecule has 8 nitrogen and oxygen atoms in total. The highest BCUT2D eigenvalue weighted by atomic mass is 32.2. The third-order valence-corrected chi connectivity index (χ3v) is 11.0. The standard InChI is InChI=1S/C30H36F2N4O4S/c31-30(32)11-13-36(14-12-30)28-34-26(21-5-7-22(8-6-21)35-15-17-41(38,39)18-16-35)27(40-28)24-4-2-1-3-23(24)25(37)19-29(20-33)9-10-29/h5-8,23-24H,1-4,9-19H2/t23-,24-/m1/s1. The van der Waals surface area contributed by atoms with Crippen LogP contribution in [-0.4, -0.2) is 62.8 Å². The molecule has 0 N–H and O–H groups in total. The first-order valence-corrected chi connectivity index (χ1v) is 16.5. The largest absolute Gasteiger partial charge is 0.428 e. The molecule has 1 aromatic heterocycles. The van der Waals surface area contributed by atoms with E-state index in [1.54, 1.807) is 4.90 Å². The summed E-state index contributed by atoms with van der Waals surface area (Å²) in [7, 11) is -2.99. The summed E-state index contributed by atoms with van der Waals surface area (Å²) in [4.78, 5) is 22.2. The Morgan fingerprint density at radius 3 is 2.29 bits per heavy atom. The zero-order valence-corrected chi connectivity index (χ0v) is 24.0. The van der Waals surface area contributed by atoms with Gasteiger partial charge in [-0.2, -0.15) is 10.2 Å². The molecule has 220 valence electrons. The van der Waals surface area contributed by atoms with Gasteiger partial charge >= 0.3 is 0 Å². The van der Waals surface area contributed by atoms with Crippen LogP contribution in [0.3, 0.4) is 0 Å². The molecule has 4 aliphatic rings. The predicted octanol–water partition coefficient (Wildman–Crippen LogP) is 5.35. The SMILES string of the molecule is N#CC1(CC(=O)[C@@H]2CCCC[C@H]2c2oc(N3CCC(F)(F)CC3)nc2-c2ccc(N3CCS(=O)(=O)CC3)cc2)CC1. The van der Waals surface area contributed by atoms with E-state index in [0.29, 0.717) is 30.6 Å². The minimum absolute atomic E-state index is 0.102. The molecule has 41 heavy (non-hydrogen) atoms. The molecule has 2 aromatic rings. The van der Waals surface area contributed by atoms with Gasteiger partial charge in [-0.3, -0.25) is 4.79 Å². The van der Waals surface area contributed by atoms with Gasteiger partial charge in [-0.25, -0.2) is 17.2 Å². The van der Waals surface area contributed by atoms with E-state index in [1.807, 2.05) is 29.2 Å². The molecule has 3 heterocycles. The third-order valence-electron chi connectivity index (χ3n) is 9.38. The van der Waals surface area contributed by atoms with E-state index in [1.165, 1.54) is 0 Å². The van der Waals surface area contributed by atoms with Crippen molar-refractivity contribution in [2.75, 3.05) is 47.5 Å². The number of rotatable bonds is 7. The van der Waals surface area contributed by atoms with E-state index < -0.39 is 21.2 Å². The number of benzene rings is 1. The number of ketones is 1. The van der Waals surface area contributed by atoms with Crippen LogP contribution in [0, 0.1) is 22.7 Å². The lowest BCUT2D eigenvalue weighted by atomic mass is 9.73. The Kier molecular flexibility index (Phi) is 7.33. The molecule has 2 aliphatic carbocycles. The summed E-state index contributed by atoms with van der Waals surface area (Å²) in [6.45, 7) is 1.16. The van der Waals surface area contributed by atoms with Gasteiger partial charge in [-0.1, -0.05) is 25.0 Å². The molecule has 0 amide bonds. The molecule has 11 heteroatoms. The summed E-state index contributed by atoms with van der Waals surface area (Å²) in [5.41, 5.74) is 1.83. The van der Waals surface area contributed by atoms with E-state index in [0.717, 1.165) is 49.8 Å². The van der Waals surface area contributed by atoms with Crippen LogP contribution >= 0.6 is 0 Å². The highest BCUT2D eigenvalue weighted by Gasteiger charge is 2.47. The van der Waals surface area contributed by atoms with E-state index >= 15 is 0 Å². The van der Waals surface area contributed by atoms with Gasteiger partial charge in [0.25, 0.3) is 11.9 Å². The van der Waals surface area contributed by atoms with E-state index in [4.69, 9.17) is 9.40 Å². The zero-order valence-electron chi connectivity index (χ0n) is 23.2. The van der Waals surface area contributed by atoms with Crippen LogP contribution in [0.5, 0.6) is 0 Å². The van der Waals surface area contributed by atoms with Crippen molar-refractivity contribution < 1.29 is 26.4 Å². The quantitative estimate of drug-likeness (QED) is 0.428. The third kappa shape index (κ3) is 5.99. The molecular weight excluding hydrogens is 550 g/mol. The van der Waals surface area contributed by atoms with Crippen molar-refractivity contribution in [1.82, 2.24) is 4.98 Å². The number of nitrogens with zero attached hydrogens (tertiary/aromatic N) is 4. The maximum absolute atomic E-state index is 13.9. The Labute approximate surface area is 239 Å². The first-order valence-electron chi connectivity index (χ1n) is 14.7. The molecule has 2 saturated heterocycles. The normalized spacial score (nSPS) is 26.8. The van der Waals surface area contributed by atoms with Crippen LogP contribution in [0.1, 0.15) is 69.5 Å². The lowest BCUT2D eigenvalue weighted by molar-refractivity contribution is -0.125. The summed E-state index contributed by atoms with van der Waals surface area (Å²) in [6, 6.07) is 10.4. The van der Waals surface area contributed by atoms with E-state index in [2.05, 4.69) is 6.07 Å². The van der Waals surface area contributed by atoms with Crippen molar-refractivity contribution in [1.29, 1.82) is 5.26 Å². The molecule has 0 radical (unpaired) electrons. The van der Waals surface area contributed by atoms with Crippen LogP contribution < -0.4 is 9.80 Å². The zero-order chi connectivity index (χ0) is 28.8. The van der Waals surface area contributed by atoms with Crippen LogP contribution in [0.2, 0.25) is 0 Å². The molecule has 0 unspecified atom stereocenters. The van der Waals surface area contributed by atoms with Gasteiger partial charge in [0.05, 0.1) is 23.0 Å². The predicted molar refractivity (Wildman–Crippen MR) is 151 cm³/mol. The van der Waals surface area contributed by atoms with Crippen molar-refractivity contribution in [3.8, 4) is 17.3 Å². The molecule has 1 aromatic carbocycles. The Hall–Kier alpha value is -3.00. The summed E-state index contributed by atoms with van der Waals surface area (Å²) in [6.07, 6.45) is 4.64. The fraction of sp³-hybridized carbons (Fsp3) is 0.633. The summed E-state index contributed by atoms with van der Waals surface area (Å²) in [5, 5.41) is 9.58. The minimum atomic E-state index is -2.99. The number of piperidine rings is 1. The Bertz CT molecular complexity index is 1420. The topological polar surface area (TPSA) is 108 Å². The van der Waals surface area contributed by atoms with Gasteiger partial charge in [0.2, 0.25) is 0 Å². The number of nitriles is 1. The molecule has 0 bridgehead atoms. The first kappa shape index (κ1) is 28.1. The summed E-state index contributed by atoms with van der Waals surface area (Å²) in [5.74, 6) is -2.18. The second kappa shape index (κ2) is 10.7. The smallest absolute Gasteiger partial charge is 0.298 e. The molecule has 4 fully saturated rings. The Morgan fingerprint density at radius 1 is 1.00 bits per heavy atom. The van der Waals surface area contributed by atoms with Crippen molar-refractivity contribution >= 4 is 27.3 Å². The van der Waals surface area contributed by atoms with Gasteiger partial charge < -0.3 is 14.2 Å². The molecule has 2 saturated carbocycles. The Balaban J connectivity index is 1.31. The summed E-state index contributed by atoms with van der Waals surface area (Å²) >= 11 is 0. The molecule has 2 aliphatic heterocycles. The fourth-order valence-corrected chi connectivity index (χ4v) is 7.71. The number of Topliss-reactive ketones (excluding diaryl/α,β-unsaturated/α-hetero) is 1. The number of hydrogen-bond acceptors (Lipinski definition) is 8. The van der Waals surface area contributed by atoms with E-state index in [9.17, 15) is 27.3 Å². The van der Waals surface area contributed by atoms with Crippen LogP contribution in [0.15, 0.2) is 28.7 Å². The second-order valence-corrected chi connectivity index (χ2v) is 14.6. The van der Waals surface area contributed by atoms with Gasteiger partial charge in [0.1, 0.15) is 17.2 Å². The van der Waals surface area contributed by atoms with Crippen molar-refractivity contribution in [3.05, 3.63) is 30.0 Å². The van der Waals surface area contributed by atoms with Gasteiger partial charge in [-0.15, -0.1) is 0 Å². The minimum Gasteiger partial charge on any atom is -0.428 e. The average Bonchev–Trinajstić information content (AvgIpc) is 3.60. The number of aromatic nitrogens is 1. The molecular formula is C30H36F2N4O4S. The number of sulfone groups is 1. The van der Waals surface area contributed by atoms with Gasteiger partial charge in [0, 0.05) is 68.5 Å². The number of halogens is 2. The summed E-state index contributed by atoms with van der Waals surface area (Å²) < 4.78 is 57.9. The van der Waals surface area contributed by atoms with E-state index in [-0.39, 0.29) is 61.5 Å². The van der Waals surface area contributed by atoms with Crippen LogP contribution in [-0.2, 0) is 14.6 Å².